The maximum Gasteiger partial charge on any atom is 0.275 e. The number of aromatic nitrogens is 3. The molecule has 0 amide bonds. The smallest absolute Gasteiger partial charge is 0.275 e. The van der Waals surface area contributed by atoms with Crippen LogP contribution in [0.3, 0.4) is 0 Å². The van der Waals surface area contributed by atoms with Crippen molar-refractivity contribution in [2.75, 3.05) is 0 Å². The molecule has 0 N–H and O–H groups in total. The van der Waals surface area contributed by atoms with Crippen LogP contribution in [0.5, 0.6) is 0 Å². The summed E-state index contributed by atoms with van der Waals surface area (Å²) in [6.45, 7) is 13.8. The van der Waals surface area contributed by atoms with Crippen LogP contribution in [-0.4, -0.2) is 14.3 Å². The number of rotatable bonds is 1. The number of hydrogen-bond acceptors (Lipinski definition) is 2. The van der Waals surface area contributed by atoms with Gasteiger partial charge in [0.25, 0.3) is 5.56 Å². The summed E-state index contributed by atoms with van der Waals surface area (Å²) < 4.78 is 3.59. The van der Waals surface area contributed by atoms with Crippen LogP contribution in [-0.2, 0) is 20.0 Å². The quantitative estimate of drug-likeness (QED) is 0.794. The van der Waals surface area contributed by atoms with Gasteiger partial charge >= 0.3 is 0 Å². The number of unbranched alkanes of at least 4 members (excludes halogenated alkanes) is 1. The second-order valence-electron chi connectivity index (χ2n) is 6.45. The second-order valence-corrected chi connectivity index (χ2v) is 6.45. The van der Waals surface area contributed by atoms with Gasteiger partial charge in [-0.3, -0.25) is 4.79 Å². The molecule has 0 fully saturated rings. The lowest BCUT2D eigenvalue weighted by molar-refractivity contribution is 0.359. The van der Waals surface area contributed by atoms with Crippen LogP contribution in [0.2, 0.25) is 0 Å². The zero-order valence-corrected chi connectivity index (χ0v) is 15.2. The van der Waals surface area contributed by atoms with Crippen LogP contribution in [0, 0.1) is 5.41 Å². The van der Waals surface area contributed by atoms with Crippen molar-refractivity contribution in [1.82, 2.24) is 14.3 Å². The van der Waals surface area contributed by atoms with E-state index < -0.39 is 0 Å². The first-order valence-corrected chi connectivity index (χ1v) is 8.43. The Morgan fingerprint density at radius 1 is 1.18 bits per heavy atom. The molecular formula is C18H31N3O. The van der Waals surface area contributed by atoms with Crippen molar-refractivity contribution in [3.05, 3.63) is 28.4 Å². The number of nitrogens with zero attached hydrogens (tertiary/aromatic N) is 3. The fourth-order valence-electron chi connectivity index (χ4n) is 2.61. The molecule has 3 heterocycles. The zero-order chi connectivity index (χ0) is 16.9. The SMILES string of the molecule is CC.CCCC.Cn1ncc2c3n(cc2c1=O)CC(C)(C)C3. The lowest BCUT2D eigenvalue weighted by Gasteiger charge is -2.14. The Bertz CT molecular complexity index is 663. The van der Waals surface area contributed by atoms with E-state index >= 15 is 0 Å². The number of fused-ring (bicyclic) bond motifs is 3. The van der Waals surface area contributed by atoms with Crippen molar-refractivity contribution in [2.24, 2.45) is 12.5 Å². The minimum atomic E-state index is -0.00259. The van der Waals surface area contributed by atoms with Gasteiger partial charge in [-0.2, -0.15) is 5.10 Å². The van der Waals surface area contributed by atoms with E-state index in [0.717, 1.165) is 23.7 Å². The van der Waals surface area contributed by atoms with Gasteiger partial charge in [0, 0.05) is 30.9 Å². The van der Waals surface area contributed by atoms with Crippen molar-refractivity contribution < 1.29 is 0 Å². The van der Waals surface area contributed by atoms with Crippen LogP contribution in [0.1, 0.15) is 60.1 Å². The predicted octanol–water partition coefficient (Wildman–Crippen LogP) is 4.15. The number of hydrogen-bond donors (Lipinski definition) is 0. The first-order valence-electron chi connectivity index (χ1n) is 8.43. The van der Waals surface area contributed by atoms with Crippen molar-refractivity contribution >= 4 is 10.8 Å². The Morgan fingerprint density at radius 3 is 2.32 bits per heavy atom. The standard InChI is InChI=1S/C12H15N3O.C4H10.C2H6/c1-12(2)4-10-8-5-13-14(3)11(16)9(8)6-15(10)7-12;1-3-4-2;1-2/h5-6H,4,7H2,1-3H3;3-4H2,1-2H3;1-2H3. The molecule has 0 atom stereocenters. The monoisotopic (exact) mass is 305 g/mol. The first-order chi connectivity index (χ1) is 10.4. The molecule has 3 rings (SSSR count). The molecule has 0 spiro atoms. The second kappa shape index (κ2) is 7.61. The average molecular weight is 305 g/mol. The molecule has 124 valence electrons. The van der Waals surface area contributed by atoms with Crippen LogP contribution in [0.4, 0.5) is 0 Å². The minimum absolute atomic E-state index is 0.00259. The van der Waals surface area contributed by atoms with E-state index in [4.69, 9.17) is 0 Å². The summed E-state index contributed by atoms with van der Waals surface area (Å²) in [4.78, 5) is 11.9. The Morgan fingerprint density at radius 2 is 1.77 bits per heavy atom. The summed E-state index contributed by atoms with van der Waals surface area (Å²) in [5, 5.41) is 5.91. The van der Waals surface area contributed by atoms with E-state index in [1.807, 2.05) is 26.2 Å². The Hall–Kier alpha value is -1.58. The molecule has 2 aromatic heterocycles. The maximum atomic E-state index is 11.9. The van der Waals surface area contributed by atoms with Gasteiger partial charge < -0.3 is 4.57 Å². The molecule has 4 nitrogen and oxygen atoms in total. The third-order valence-corrected chi connectivity index (χ3v) is 3.86. The summed E-state index contributed by atoms with van der Waals surface area (Å²) in [5.41, 5.74) is 1.55. The largest absolute Gasteiger partial charge is 0.349 e. The van der Waals surface area contributed by atoms with E-state index in [1.165, 1.54) is 23.2 Å². The van der Waals surface area contributed by atoms with Gasteiger partial charge in [0.2, 0.25) is 0 Å². The fourth-order valence-corrected chi connectivity index (χ4v) is 2.61. The predicted molar refractivity (Wildman–Crippen MR) is 94.4 cm³/mol. The molecule has 0 saturated heterocycles. The van der Waals surface area contributed by atoms with Crippen molar-refractivity contribution in [1.29, 1.82) is 0 Å². The molecule has 4 heteroatoms. The molecule has 0 radical (unpaired) electrons. The average Bonchev–Trinajstić information content (AvgIpc) is 2.98. The van der Waals surface area contributed by atoms with Gasteiger partial charge in [0.1, 0.15) is 0 Å². The van der Waals surface area contributed by atoms with Crippen molar-refractivity contribution in [2.45, 2.75) is 67.3 Å². The molecule has 0 aliphatic carbocycles. The van der Waals surface area contributed by atoms with E-state index in [-0.39, 0.29) is 5.56 Å². The molecule has 1 aliphatic heterocycles. The van der Waals surface area contributed by atoms with Crippen molar-refractivity contribution in [3.8, 4) is 0 Å². The topological polar surface area (TPSA) is 39.8 Å². The van der Waals surface area contributed by atoms with Crippen LogP contribution >= 0.6 is 0 Å². The van der Waals surface area contributed by atoms with Crippen LogP contribution in [0.25, 0.3) is 10.8 Å². The molecule has 0 unspecified atom stereocenters. The molecule has 0 aromatic carbocycles. The van der Waals surface area contributed by atoms with Crippen molar-refractivity contribution in [3.63, 3.8) is 0 Å². The van der Waals surface area contributed by atoms with E-state index in [2.05, 4.69) is 37.4 Å². The highest BCUT2D eigenvalue weighted by Crippen LogP contribution is 2.35. The zero-order valence-electron chi connectivity index (χ0n) is 15.2. The highest BCUT2D eigenvalue weighted by molar-refractivity contribution is 5.84. The Labute approximate surface area is 134 Å². The fraction of sp³-hybridized carbons (Fsp3) is 0.667. The van der Waals surface area contributed by atoms with Gasteiger partial charge in [0.15, 0.2) is 0 Å². The summed E-state index contributed by atoms with van der Waals surface area (Å²) in [5.74, 6) is 0. The summed E-state index contributed by atoms with van der Waals surface area (Å²) in [6.07, 6.45) is 7.44. The van der Waals surface area contributed by atoms with E-state index in [9.17, 15) is 4.79 Å². The Balaban J connectivity index is 0.000000354. The lowest BCUT2D eigenvalue weighted by atomic mass is 9.90. The minimum Gasteiger partial charge on any atom is -0.349 e. The van der Waals surface area contributed by atoms with Crippen LogP contribution in [0.15, 0.2) is 17.2 Å². The molecule has 22 heavy (non-hydrogen) atoms. The van der Waals surface area contributed by atoms with Gasteiger partial charge in [-0.25, -0.2) is 4.68 Å². The third-order valence-electron chi connectivity index (χ3n) is 3.86. The number of aryl methyl sites for hydroxylation is 1. The first kappa shape index (κ1) is 18.5. The van der Waals surface area contributed by atoms with E-state index in [1.54, 1.807) is 7.05 Å². The molecular weight excluding hydrogens is 274 g/mol. The summed E-state index contributed by atoms with van der Waals surface area (Å²) in [6, 6.07) is 0. The summed E-state index contributed by atoms with van der Waals surface area (Å²) >= 11 is 0. The molecule has 2 aromatic rings. The van der Waals surface area contributed by atoms with Gasteiger partial charge in [-0.1, -0.05) is 54.4 Å². The highest BCUT2D eigenvalue weighted by Gasteiger charge is 2.30. The summed E-state index contributed by atoms with van der Waals surface area (Å²) in [7, 11) is 1.69. The normalized spacial score (nSPS) is 14.7. The molecule has 0 bridgehead atoms. The molecule has 1 aliphatic rings. The highest BCUT2D eigenvalue weighted by atomic mass is 16.1. The maximum absolute atomic E-state index is 11.9. The van der Waals surface area contributed by atoms with Crippen LogP contribution < -0.4 is 5.56 Å². The third kappa shape index (κ3) is 3.79. The lowest BCUT2D eigenvalue weighted by Crippen LogP contribution is -2.19. The van der Waals surface area contributed by atoms with Gasteiger partial charge in [-0.15, -0.1) is 0 Å². The van der Waals surface area contributed by atoms with Gasteiger partial charge in [0.05, 0.1) is 11.6 Å². The van der Waals surface area contributed by atoms with Gasteiger partial charge in [-0.05, 0) is 11.8 Å². The van der Waals surface area contributed by atoms with E-state index in [0.29, 0.717) is 5.41 Å². The Kier molecular flexibility index (Phi) is 6.39. The molecule has 0 saturated carbocycles.